The molecule has 0 aromatic carbocycles. The minimum absolute atomic E-state index is 0.132. The lowest BCUT2D eigenvalue weighted by molar-refractivity contribution is -0.126. The number of unbranched alkanes of at least 4 members (excludes halogenated alkanes) is 7. The Balaban J connectivity index is 3.59. The van der Waals surface area contributed by atoms with Gasteiger partial charge in [0.1, 0.15) is 18.3 Å². The van der Waals surface area contributed by atoms with E-state index in [1.807, 2.05) is 0 Å². The van der Waals surface area contributed by atoms with E-state index in [0.29, 0.717) is 18.8 Å². The van der Waals surface area contributed by atoms with E-state index in [-0.39, 0.29) is 18.4 Å². The van der Waals surface area contributed by atoms with Gasteiger partial charge in [0.15, 0.2) is 0 Å². The van der Waals surface area contributed by atoms with Crippen LogP contribution in [0, 0.1) is 5.92 Å². The first kappa shape index (κ1) is 29.7. The fourth-order valence-corrected chi connectivity index (χ4v) is 3.03. The van der Waals surface area contributed by atoms with Crippen LogP contribution in [-0.2, 0) is 9.59 Å². The van der Waals surface area contributed by atoms with E-state index in [4.69, 9.17) is 5.11 Å². The summed E-state index contributed by atoms with van der Waals surface area (Å²) in [6, 6.07) is 0. The zero-order valence-electron chi connectivity index (χ0n) is 19.1. The van der Waals surface area contributed by atoms with E-state index >= 15 is 0 Å². The van der Waals surface area contributed by atoms with Gasteiger partial charge in [-0.05, 0) is 18.8 Å². The molecule has 0 aliphatic carbocycles. The molecule has 184 valence electrons. The van der Waals surface area contributed by atoms with E-state index in [2.05, 4.69) is 24.5 Å². The van der Waals surface area contributed by atoms with Gasteiger partial charge in [0.25, 0.3) is 0 Å². The second-order valence-corrected chi connectivity index (χ2v) is 8.63. The molecule has 4 atom stereocenters. The minimum Gasteiger partial charge on any atom is -0.394 e. The van der Waals surface area contributed by atoms with Crippen LogP contribution in [0.3, 0.4) is 0 Å². The van der Waals surface area contributed by atoms with Crippen molar-refractivity contribution in [1.29, 1.82) is 0 Å². The van der Waals surface area contributed by atoms with Crippen LogP contribution in [0.15, 0.2) is 0 Å². The van der Waals surface area contributed by atoms with Crippen molar-refractivity contribution in [2.24, 2.45) is 5.92 Å². The zero-order valence-corrected chi connectivity index (χ0v) is 19.1. The van der Waals surface area contributed by atoms with Crippen molar-refractivity contribution < 1.29 is 35.1 Å². The number of nitrogens with one attached hydrogen (secondary N) is 2. The molecule has 31 heavy (non-hydrogen) atoms. The first-order valence-corrected chi connectivity index (χ1v) is 11.6. The molecule has 2 amide bonds. The minimum atomic E-state index is -1.70. The number of aliphatic hydroxyl groups excluding tert-OH is 5. The molecule has 7 N–H and O–H groups in total. The van der Waals surface area contributed by atoms with Crippen molar-refractivity contribution in [3.63, 3.8) is 0 Å². The maximum Gasteiger partial charge on any atom is 0.220 e. The number of carbonyl (C=O) groups is 2. The third kappa shape index (κ3) is 16.1. The van der Waals surface area contributed by atoms with Gasteiger partial charge >= 0.3 is 0 Å². The van der Waals surface area contributed by atoms with Crippen LogP contribution < -0.4 is 10.6 Å². The quantitative estimate of drug-likeness (QED) is 0.139. The maximum atomic E-state index is 11.8. The molecule has 0 heterocycles. The van der Waals surface area contributed by atoms with Gasteiger partial charge in [-0.25, -0.2) is 0 Å². The third-order valence-corrected chi connectivity index (χ3v) is 5.10. The van der Waals surface area contributed by atoms with Crippen LogP contribution in [0.5, 0.6) is 0 Å². The highest BCUT2D eigenvalue weighted by Gasteiger charge is 2.30. The molecule has 0 saturated carbocycles. The van der Waals surface area contributed by atoms with Crippen LogP contribution in [0.4, 0.5) is 0 Å². The van der Waals surface area contributed by atoms with Gasteiger partial charge in [0.2, 0.25) is 11.8 Å². The van der Waals surface area contributed by atoms with Crippen LogP contribution in [-0.4, -0.2) is 81.5 Å². The van der Waals surface area contributed by atoms with Crippen LogP contribution in [0.25, 0.3) is 0 Å². The lowest BCUT2D eigenvalue weighted by atomic mass is 10.0. The van der Waals surface area contributed by atoms with Crippen molar-refractivity contribution in [2.75, 3.05) is 19.7 Å². The molecule has 0 rings (SSSR count). The summed E-state index contributed by atoms with van der Waals surface area (Å²) in [6.45, 7) is 3.89. The highest BCUT2D eigenvalue weighted by Crippen LogP contribution is 2.11. The summed E-state index contributed by atoms with van der Waals surface area (Å²) in [5.74, 6) is 0.355. The SMILES string of the molecule is CC(C)CNC(=O)CCCCCCCCCCC(=O)NC[C@@H](O)[C@H](O)[C@@H](O)[C@@H](O)CO. The van der Waals surface area contributed by atoms with Crippen molar-refractivity contribution in [3.8, 4) is 0 Å². The second-order valence-electron chi connectivity index (χ2n) is 8.63. The standard InChI is InChI=1S/C22H44N2O7/c1-16(2)13-23-19(28)11-9-7-5-3-4-6-8-10-12-20(29)24-14-17(26)21(30)22(31)18(27)15-25/h16-18,21-22,25-27,30-31H,3-15H2,1-2H3,(H,23,28)(H,24,29)/t17-,18+,21+,22+/m1/s1. The van der Waals surface area contributed by atoms with Gasteiger partial charge in [0.05, 0.1) is 12.7 Å². The second kappa shape index (κ2) is 18.3. The Bertz CT molecular complexity index is 477. The van der Waals surface area contributed by atoms with Gasteiger partial charge in [-0.15, -0.1) is 0 Å². The Morgan fingerprint density at radius 3 is 1.45 bits per heavy atom. The zero-order chi connectivity index (χ0) is 23.6. The Hall–Kier alpha value is -1.26. The summed E-state index contributed by atoms with van der Waals surface area (Å²) in [5, 5.41) is 52.4. The number of hydrogen-bond donors (Lipinski definition) is 7. The molecular formula is C22H44N2O7. The molecule has 0 bridgehead atoms. The number of hydrogen-bond acceptors (Lipinski definition) is 7. The predicted molar refractivity (Wildman–Crippen MR) is 118 cm³/mol. The Morgan fingerprint density at radius 2 is 1.03 bits per heavy atom. The lowest BCUT2D eigenvalue weighted by Gasteiger charge is -2.25. The van der Waals surface area contributed by atoms with Crippen LogP contribution >= 0.6 is 0 Å². The van der Waals surface area contributed by atoms with Crippen molar-refractivity contribution in [3.05, 3.63) is 0 Å². The molecule has 0 radical (unpaired) electrons. The predicted octanol–water partition coefficient (Wildman–Crippen LogP) is 0.212. The molecular weight excluding hydrogens is 404 g/mol. The fourth-order valence-electron chi connectivity index (χ4n) is 3.03. The average molecular weight is 449 g/mol. The summed E-state index contributed by atoms with van der Waals surface area (Å²) in [4.78, 5) is 23.4. The maximum absolute atomic E-state index is 11.8. The lowest BCUT2D eigenvalue weighted by Crippen LogP contribution is -2.49. The van der Waals surface area contributed by atoms with Crippen molar-refractivity contribution in [2.45, 2.75) is 102 Å². The highest BCUT2D eigenvalue weighted by atomic mass is 16.4. The molecule has 0 aliphatic heterocycles. The summed E-state index contributed by atoms with van der Waals surface area (Å²) >= 11 is 0. The molecule has 0 unspecified atom stereocenters. The van der Waals surface area contributed by atoms with E-state index < -0.39 is 31.0 Å². The number of amides is 2. The first-order chi connectivity index (χ1) is 14.7. The molecule has 9 nitrogen and oxygen atoms in total. The van der Waals surface area contributed by atoms with Crippen molar-refractivity contribution in [1.82, 2.24) is 10.6 Å². The number of aliphatic hydroxyl groups is 5. The van der Waals surface area contributed by atoms with Gasteiger partial charge < -0.3 is 36.2 Å². The summed E-state index contributed by atoms with van der Waals surface area (Å²) < 4.78 is 0. The Labute approximate surface area is 186 Å². The monoisotopic (exact) mass is 448 g/mol. The Kier molecular flexibility index (Phi) is 17.6. The van der Waals surface area contributed by atoms with Crippen molar-refractivity contribution >= 4 is 11.8 Å². The highest BCUT2D eigenvalue weighted by molar-refractivity contribution is 5.76. The van der Waals surface area contributed by atoms with Gasteiger partial charge in [-0.1, -0.05) is 52.4 Å². The van der Waals surface area contributed by atoms with Crippen LogP contribution in [0.1, 0.15) is 78.1 Å². The van der Waals surface area contributed by atoms with Gasteiger partial charge in [-0.2, -0.15) is 0 Å². The fraction of sp³-hybridized carbons (Fsp3) is 0.909. The molecule has 0 fully saturated rings. The normalized spacial score (nSPS) is 15.4. The van der Waals surface area contributed by atoms with E-state index in [1.54, 1.807) is 0 Å². The average Bonchev–Trinajstić information content (AvgIpc) is 2.75. The summed E-state index contributed by atoms with van der Waals surface area (Å²) in [6.07, 6.45) is 2.52. The van der Waals surface area contributed by atoms with E-state index in [0.717, 1.165) is 57.9 Å². The van der Waals surface area contributed by atoms with Gasteiger partial charge in [-0.3, -0.25) is 9.59 Å². The van der Waals surface area contributed by atoms with E-state index in [9.17, 15) is 30.0 Å². The van der Waals surface area contributed by atoms with Crippen LogP contribution in [0.2, 0.25) is 0 Å². The molecule has 0 aliphatic rings. The molecule has 0 spiro atoms. The number of carbonyl (C=O) groups excluding carboxylic acids is 2. The largest absolute Gasteiger partial charge is 0.394 e. The summed E-state index contributed by atoms with van der Waals surface area (Å²) in [7, 11) is 0. The summed E-state index contributed by atoms with van der Waals surface area (Å²) in [5.41, 5.74) is 0. The molecule has 0 aromatic heterocycles. The van der Waals surface area contributed by atoms with Gasteiger partial charge in [0, 0.05) is 25.9 Å². The molecule has 0 aromatic rings. The molecule has 0 saturated heterocycles. The topological polar surface area (TPSA) is 159 Å². The molecule has 9 heteroatoms. The smallest absolute Gasteiger partial charge is 0.220 e. The first-order valence-electron chi connectivity index (χ1n) is 11.6. The third-order valence-electron chi connectivity index (χ3n) is 5.10. The number of rotatable bonds is 19. The van der Waals surface area contributed by atoms with E-state index in [1.165, 1.54) is 0 Å². The Morgan fingerprint density at radius 1 is 0.645 bits per heavy atom.